The first kappa shape index (κ1) is 13.3. The summed E-state index contributed by atoms with van der Waals surface area (Å²) in [5.41, 5.74) is 4.17. The molecular weight excluding hydrogens is 246 g/mol. The topological polar surface area (TPSA) is 28.2 Å². The third-order valence-electron chi connectivity index (χ3n) is 4.24. The van der Waals surface area contributed by atoms with Gasteiger partial charge in [0.15, 0.2) is 0 Å². The van der Waals surface area contributed by atoms with Crippen LogP contribution in [0.25, 0.3) is 0 Å². The van der Waals surface area contributed by atoms with E-state index in [4.69, 9.17) is 0 Å². The van der Waals surface area contributed by atoms with Crippen LogP contribution in [0.2, 0.25) is 0 Å². The number of benzene rings is 1. The molecule has 1 N–H and O–H groups in total. The molecule has 0 saturated heterocycles. The number of fused-ring (bicyclic) bond motifs is 1. The van der Waals surface area contributed by atoms with Crippen molar-refractivity contribution in [3.8, 4) is 0 Å². The van der Waals surface area contributed by atoms with Gasteiger partial charge in [0.2, 0.25) is 0 Å². The van der Waals surface area contributed by atoms with Crippen LogP contribution < -0.4 is 5.32 Å². The Hall–Kier alpha value is -1.71. The summed E-state index contributed by atoms with van der Waals surface area (Å²) in [4.78, 5) is 6.63. The molecule has 0 saturated carbocycles. The zero-order chi connectivity index (χ0) is 13.9. The normalized spacial score (nSPS) is 21.1. The Balaban J connectivity index is 1.78. The fourth-order valence-electron chi connectivity index (χ4n) is 3.23. The highest BCUT2D eigenvalue weighted by molar-refractivity contribution is 5.37. The minimum Gasteiger partial charge on any atom is -0.312 e. The molecule has 2 aromatic rings. The Morgan fingerprint density at radius 2 is 2.10 bits per heavy atom. The van der Waals surface area contributed by atoms with Crippen LogP contribution in [0.3, 0.4) is 0 Å². The smallest absolute Gasteiger partial charge is 0.0481 e. The first-order valence-corrected chi connectivity index (χ1v) is 7.14. The molecule has 3 rings (SSSR count). The van der Waals surface area contributed by atoms with Gasteiger partial charge < -0.3 is 5.32 Å². The summed E-state index contributed by atoms with van der Waals surface area (Å²) in [6.45, 7) is 0.935. The summed E-state index contributed by atoms with van der Waals surface area (Å²) in [5, 5.41) is 3.48. The molecule has 1 aromatic heterocycles. The Bertz CT molecular complexity index is 567. The van der Waals surface area contributed by atoms with E-state index < -0.39 is 0 Å². The maximum Gasteiger partial charge on any atom is 0.0481 e. The van der Waals surface area contributed by atoms with Gasteiger partial charge in [-0.1, -0.05) is 30.3 Å². The van der Waals surface area contributed by atoms with Crippen molar-refractivity contribution in [2.45, 2.75) is 25.0 Å². The molecule has 3 heteroatoms. The van der Waals surface area contributed by atoms with E-state index in [1.165, 1.54) is 16.7 Å². The lowest BCUT2D eigenvalue weighted by atomic mass is 10.1. The van der Waals surface area contributed by atoms with Gasteiger partial charge in [-0.15, -0.1) is 0 Å². The fraction of sp³-hybridized carbons (Fsp3) is 0.353. The second kappa shape index (κ2) is 5.73. The molecule has 20 heavy (non-hydrogen) atoms. The van der Waals surface area contributed by atoms with Crippen LogP contribution in [0.15, 0.2) is 48.8 Å². The van der Waals surface area contributed by atoms with Crippen molar-refractivity contribution in [1.29, 1.82) is 0 Å². The predicted octanol–water partition coefficient (Wildman–Crippen LogP) is 2.40. The zero-order valence-corrected chi connectivity index (χ0v) is 12.1. The van der Waals surface area contributed by atoms with Gasteiger partial charge in [0.25, 0.3) is 0 Å². The number of aromatic nitrogens is 1. The van der Waals surface area contributed by atoms with Gasteiger partial charge in [0.1, 0.15) is 0 Å². The van der Waals surface area contributed by atoms with Crippen molar-refractivity contribution in [2.75, 3.05) is 14.1 Å². The SMILES string of the molecule is CNC1c2ccccc2CC1N(C)Cc1cccnc1. The number of hydrogen-bond donors (Lipinski definition) is 1. The van der Waals surface area contributed by atoms with Gasteiger partial charge >= 0.3 is 0 Å². The number of rotatable bonds is 4. The third-order valence-corrected chi connectivity index (χ3v) is 4.24. The highest BCUT2D eigenvalue weighted by Gasteiger charge is 2.33. The molecular formula is C17H21N3. The summed E-state index contributed by atoms with van der Waals surface area (Å²) in [7, 11) is 4.26. The molecule has 0 radical (unpaired) electrons. The molecule has 3 nitrogen and oxygen atoms in total. The van der Waals surface area contributed by atoms with Gasteiger partial charge in [-0.2, -0.15) is 0 Å². The molecule has 0 spiro atoms. The van der Waals surface area contributed by atoms with E-state index in [1.807, 2.05) is 18.5 Å². The lowest BCUT2D eigenvalue weighted by Gasteiger charge is -2.29. The van der Waals surface area contributed by atoms with Gasteiger partial charge in [0, 0.05) is 31.0 Å². The molecule has 0 aliphatic heterocycles. The van der Waals surface area contributed by atoms with Crippen LogP contribution in [-0.4, -0.2) is 30.0 Å². The molecule has 2 unspecified atom stereocenters. The van der Waals surface area contributed by atoms with Crippen LogP contribution in [0.1, 0.15) is 22.7 Å². The molecule has 0 amide bonds. The maximum atomic E-state index is 4.20. The number of nitrogens with one attached hydrogen (secondary N) is 1. The lowest BCUT2D eigenvalue weighted by Crippen LogP contribution is -2.39. The van der Waals surface area contributed by atoms with E-state index in [0.29, 0.717) is 12.1 Å². The van der Waals surface area contributed by atoms with Gasteiger partial charge in [-0.3, -0.25) is 9.88 Å². The van der Waals surface area contributed by atoms with E-state index in [2.05, 4.69) is 59.6 Å². The van der Waals surface area contributed by atoms with E-state index in [-0.39, 0.29) is 0 Å². The van der Waals surface area contributed by atoms with Gasteiger partial charge in [-0.25, -0.2) is 0 Å². The quantitative estimate of drug-likeness (QED) is 0.922. The monoisotopic (exact) mass is 267 g/mol. The van der Waals surface area contributed by atoms with Crippen molar-refractivity contribution in [1.82, 2.24) is 15.2 Å². The molecule has 1 aliphatic rings. The predicted molar refractivity (Wildman–Crippen MR) is 81.4 cm³/mol. The highest BCUT2D eigenvalue weighted by atomic mass is 15.2. The second-order valence-electron chi connectivity index (χ2n) is 5.51. The van der Waals surface area contributed by atoms with Crippen LogP contribution in [-0.2, 0) is 13.0 Å². The van der Waals surface area contributed by atoms with Crippen LogP contribution in [0, 0.1) is 0 Å². The Morgan fingerprint density at radius 1 is 1.25 bits per heavy atom. The Morgan fingerprint density at radius 3 is 2.85 bits per heavy atom. The van der Waals surface area contributed by atoms with E-state index in [0.717, 1.165) is 13.0 Å². The minimum atomic E-state index is 0.410. The Labute approximate surface area is 120 Å². The maximum absolute atomic E-state index is 4.20. The largest absolute Gasteiger partial charge is 0.312 e. The average molecular weight is 267 g/mol. The van der Waals surface area contributed by atoms with E-state index >= 15 is 0 Å². The number of likely N-dealkylation sites (N-methyl/N-ethyl adjacent to an activating group) is 2. The first-order valence-electron chi connectivity index (χ1n) is 7.14. The standard InChI is InChI=1S/C17H21N3/c1-18-17-15-8-4-3-7-14(15)10-16(17)20(2)12-13-6-5-9-19-11-13/h3-9,11,16-18H,10,12H2,1-2H3. The van der Waals surface area contributed by atoms with E-state index in [1.54, 1.807) is 0 Å². The van der Waals surface area contributed by atoms with Crippen molar-refractivity contribution in [2.24, 2.45) is 0 Å². The zero-order valence-electron chi connectivity index (χ0n) is 12.1. The van der Waals surface area contributed by atoms with Gasteiger partial charge in [-0.05, 0) is 43.3 Å². The molecule has 0 bridgehead atoms. The molecule has 1 heterocycles. The number of pyridine rings is 1. The van der Waals surface area contributed by atoms with Gasteiger partial charge in [0.05, 0.1) is 0 Å². The Kier molecular flexibility index (Phi) is 3.81. The molecule has 1 aromatic carbocycles. The summed E-state index contributed by atoms with van der Waals surface area (Å²) in [6, 6.07) is 13.8. The minimum absolute atomic E-state index is 0.410. The van der Waals surface area contributed by atoms with Crippen molar-refractivity contribution in [3.63, 3.8) is 0 Å². The highest BCUT2D eigenvalue weighted by Crippen LogP contribution is 2.34. The van der Waals surface area contributed by atoms with Crippen molar-refractivity contribution in [3.05, 3.63) is 65.5 Å². The third kappa shape index (κ3) is 2.47. The molecule has 0 fully saturated rings. The van der Waals surface area contributed by atoms with E-state index in [9.17, 15) is 0 Å². The first-order chi connectivity index (χ1) is 9.79. The average Bonchev–Trinajstić information content (AvgIpc) is 2.87. The second-order valence-corrected chi connectivity index (χ2v) is 5.51. The number of hydrogen-bond acceptors (Lipinski definition) is 3. The molecule has 2 atom stereocenters. The lowest BCUT2D eigenvalue weighted by molar-refractivity contribution is 0.201. The van der Waals surface area contributed by atoms with Crippen LogP contribution in [0.4, 0.5) is 0 Å². The van der Waals surface area contributed by atoms with Crippen LogP contribution >= 0.6 is 0 Å². The van der Waals surface area contributed by atoms with Crippen molar-refractivity contribution < 1.29 is 0 Å². The summed E-state index contributed by atoms with van der Waals surface area (Å²) >= 11 is 0. The van der Waals surface area contributed by atoms with Crippen molar-refractivity contribution >= 4 is 0 Å². The number of nitrogens with zero attached hydrogens (tertiary/aromatic N) is 2. The molecule has 1 aliphatic carbocycles. The molecule has 104 valence electrons. The van der Waals surface area contributed by atoms with Crippen LogP contribution in [0.5, 0.6) is 0 Å². The fourth-order valence-corrected chi connectivity index (χ4v) is 3.23. The summed E-state index contributed by atoms with van der Waals surface area (Å²) < 4.78 is 0. The summed E-state index contributed by atoms with van der Waals surface area (Å²) in [6.07, 6.45) is 4.89. The summed E-state index contributed by atoms with van der Waals surface area (Å²) in [5.74, 6) is 0.